The molecule has 0 heterocycles. The maximum absolute atomic E-state index is 13.8. The molecule has 0 saturated heterocycles. The Hall–Kier alpha value is -1.34. The van der Waals surface area contributed by atoms with E-state index in [4.69, 9.17) is 0 Å². The van der Waals surface area contributed by atoms with Crippen LogP contribution in [0.1, 0.15) is 31.9 Å². The molecule has 0 aromatic heterocycles. The first kappa shape index (κ1) is 18.7. The molecule has 1 aromatic carbocycles. The molecule has 3 N–H and O–H groups in total. The van der Waals surface area contributed by atoms with Crippen molar-refractivity contribution in [1.82, 2.24) is 10.6 Å². The zero-order valence-corrected chi connectivity index (χ0v) is 13.8. The lowest BCUT2D eigenvalue weighted by Crippen LogP contribution is -2.46. The average molecular weight is 332 g/mol. The van der Waals surface area contributed by atoms with Crippen LogP contribution in [0.4, 0.5) is 13.6 Å². The largest absolute Gasteiger partial charge is 0.387 e. The minimum Gasteiger partial charge on any atom is -0.387 e. The highest BCUT2D eigenvalue weighted by Gasteiger charge is 2.22. The van der Waals surface area contributed by atoms with Crippen molar-refractivity contribution in [3.63, 3.8) is 0 Å². The fourth-order valence-corrected chi connectivity index (χ4v) is 2.75. The highest BCUT2D eigenvalue weighted by molar-refractivity contribution is 7.98. The van der Waals surface area contributed by atoms with E-state index in [1.54, 1.807) is 13.8 Å². The highest BCUT2D eigenvalue weighted by atomic mass is 32.2. The number of thioether (sulfide) groups is 1. The summed E-state index contributed by atoms with van der Waals surface area (Å²) in [5.41, 5.74) is -0.920. The van der Waals surface area contributed by atoms with Gasteiger partial charge in [-0.3, -0.25) is 0 Å². The first-order chi connectivity index (χ1) is 10.3. The Bertz CT molecular complexity index is 512. The summed E-state index contributed by atoms with van der Waals surface area (Å²) in [6.45, 7) is 3.45. The standard InChI is InChI=1S/C15H22F2N2O2S/c1-4-13(11-7-10(16)5-6-12(11)17)19-14(20)18-8-15(2,21)9-22-3/h5-7,13,21H,4,8-9H2,1-3H3,(H2,18,19,20). The third-order valence-corrected chi connectivity index (χ3v) is 4.04. The minimum absolute atomic E-state index is 0.0712. The molecule has 0 radical (unpaired) electrons. The Kier molecular flexibility index (Phi) is 7.09. The van der Waals surface area contributed by atoms with Crippen molar-refractivity contribution in [2.24, 2.45) is 0 Å². The number of aliphatic hydroxyl groups is 1. The van der Waals surface area contributed by atoms with Crippen molar-refractivity contribution < 1.29 is 18.7 Å². The molecule has 0 spiro atoms. The molecule has 0 aliphatic rings. The van der Waals surface area contributed by atoms with E-state index in [9.17, 15) is 18.7 Å². The van der Waals surface area contributed by atoms with Crippen LogP contribution in [0.3, 0.4) is 0 Å². The second kappa shape index (κ2) is 8.33. The summed E-state index contributed by atoms with van der Waals surface area (Å²) in [7, 11) is 0. The first-order valence-electron chi connectivity index (χ1n) is 6.99. The molecule has 0 saturated carbocycles. The number of benzene rings is 1. The summed E-state index contributed by atoms with van der Waals surface area (Å²) < 4.78 is 27.0. The van der Waals surface area contributed by atoms with Crippen molar-refractivity contribution in [1.29, 1.82) is 0 Å². The van der Waals surface area contributed by atoms with Gasteiger partial charge in [0.25, 0.3) is 0 Å². The second-order valence-electron chi connectivity index (χ2n) is 5.38. The molecule has 0 fully saturated rings. The van der Waals surface area contributed by atoms with Crippen LogP contribution in [0.2, 0.25) is 0 Å². The second-order valence-corrected chi connectivity index (χ2v) is 6.25. The van der Waals surface area contributed by atoms with Gasteiger partial charge in [-0.1, -0.05) is 6.92 Å². The Balaban J connectivity index is 2.66. The molecular formula is C15H22F2N2O2S. The number of carbonyl (C=O) groups excluding carboxylic acids is 1. The van der Waals surface area contributed by atoms with Gasteiger partial charge in [0.05, 0.1) is 11.6 Å². The molecule has 0 bridgehead atoms. The van der Waals surface area contributed by atoms with Crippen LogP contribution in [0.15, 0.2) is 18.2 Å². The molecular weight excluding hydrogens is 310 g/mol. The number of carbonyl (C=O) groups is 1. The predicted octanol–water partition coefficient (Wildman–Crippen LogP) is 2.83. The van der Waals surface area contributed by atoms with Crippen LogP contribution >= 0.6 is 11.8 Å². The van der Waals surface area contributed by atoms with E-state index >= 15 is 0 Å². The van der Waals surface area contributed by atoms with Gasteiger partial charge in [0.2, 0.25) is 0 Å². The molecule has 0 aliphatic heterocycles. The summed E-state index contributed by atoms with van der Waals surface area (Å²) in [5, 5.41) is 15.1. The van der Waals surface area contributed by atoms with Crippen molar-refractivity contribution >= 4 is 17.8 Å². The summed E-state index contributed by atoms with van der Waals surface area (Å²) in [6, 6.07) is 1.98. The van der Waals surface area contributed by atoms with E-state index in [0.29, 0.717) is 12.2 Å². The van der Waals surface area contributed by atoms with Crippen molar-refractivity contribution in [3.8, 4) is 0 Å². The van der Waals surface area contributed by atoms with Crippen LogP contribution in [0, 0.1) is 11.6 Å². The number of hydrogen-bond acceptors (Lipinski definition) is 3. The average Bonchev–Trinajstić information content (AvgIpc) is 2.45. The monoisotopic (exact) mass is 332 g/mol. The molecule has 124 valence electrons. The lowest BCUT2D eigenvalue weighted by molar-refractivity contribution is 0.0867. The van der Waals surface area contributed by atoms with E-state index in [-0.39, 0.29) is 12.1 Å². The summed E-state index contributed by atoms with van der Waals surface area (Å²) in [6.07, 6.45) is 2.27. The van der Waals surface area contributed by atoms with E-state index in [1.165, 1.54) is 11.8 Å². The van der Waals surface area contributed by atoms with Gasteiger partial charge in [0, 0.05) is 17.9 Å². The number of nitrogens with one attached hydrogen (secondary N) is 2. The molecule has 2 atom stereocenters. The van der Waals surface area contributed by atoms with Crippen molar-refractivity contribution in [3.05, 3.63) is 35.4 Å². The summed E-state index contributed by atoms with van der Waals surface area (Å²) in [4.78, 5) is 11.9. The highest BCUT2D eigenvalue weighted by Crippen LogP contribution is 2.21. The lowest BCUT2D eigenvalue weighted by atomic mass is 10.0. The molecule has 2 amide bonds. The van der Waals surface area contributed by atoms with Gasteiger partial charge < -0.3 is 15.7 Å². The number of rotatable bonds is 7. The smallest absolute Gasteiger partial charge is 0.315 e. The van der Waals surface area contributed by atoms with Gasteiger partial charge in [-0.05, 0) is 37.8 Å². The zero-order valence-electron chi connectivity index (χ0n) is 13.0. The Morgan fingerprint density at radius 3 is 2.73 bits per heavy atom. The SMILES string of the molecule is CCC(NC(=O)NCC(C)(O)CSC)c1cc(F)ccc1F. The third kappa shape index (κ3) is 5.81. The van der Waals surface area contributed by atoms with E-state index in [1.807, 2.05) is 6.26 Å². The molecule has 4 nitrogen and oxygen atoms in total. The third-order valence-electron chi connectivity index (χ3n) is 3.13. The Labute approximate surface area is 133 Å². The number of urea groups is 1. The van der Waals surface area contributed by atoms with Gasteiger partial charge in [-0.25, -0.2) is 13.6 Å². The molecule has 0 aliphatic carbocycles. The topological polar surface area (TPSA) is 61.4 Å². The van der Waals surface area contributed by atoms with Gasteiger partial charge in [-0.2, -0.15) is 11.8 Å². The fraction of sp³-hybridized carbons (Fsp3) is 0.533. The molecule has 2 unspecified atom stereocenters. The van der Waals surface area contributed by atoms with Crippen LogP contribution in [-0.4, -0.2) is 35.3 Å². The van der Waals surface area contributed by atoms with Gasteiger partial charge >= 0.3 is 6.03 Å². The van der Waals surface area contributed by atoms with Crippen LogP contribution < -0.4 is 10.6 Å². The summed E-state index contributed by atoms with van der Waals surface area (Å²) in [5.74, 6) is -0.647. The van der Waals surface area contributed by atoms with Crippen LogP contribution in [0.25, 0.3) is 0 Å². The maximum atomic E-state index is 13.8. The molecule has 22 heavy (non-hydrogen) atoms. The first-order valence-corrected chi connectivity index (χ1v) is 8.39. The van der Waals surface area contributed by atoms with Crippen molar-refractivity contribution in [2.75, 3.05) is 18.6 Å². The number of halogens is 2. The molecule has 7 heteroatoms. The zero-order chi connectivity index (χ0) is 16.8. The fourth-order valence-electron chi connectivity index (χ4n) is 2.02. The normalized spacial score (nSPS) is 15.0. The van der Waals surface area contributed by atoms with Gasteiger partial charge in [0.15, 0.2) is 0 Å². The number of hydrogen-bond donors (Lipinski definition) is 3. The Morgan fingerprint density at radius 2 is 2.14 bits per heavy atom. The Morgan fingerprint density at radius 1 is 1.45 bits per heavy atom. The predicted molar refractivity (Wildman–Crippen MR) is 84.9 cm³/mol. The van der Waals surface area contributed by atoms with Crippen LogP contribution in [-0.2, 0) is 0 Å². The summed E-state index contributed by atoms with van der Waals surface area (Å²) >= 11 is 1.47. The lowest BCUT2D eigenvalue weighted by Gasteiger charge is -2.24. The van der Waals surface area contributed by atoms with Crippen molar-refractivity contribution in [2.45, 2.75) is 31.9 Å². The molecule has 1 aromatic rings. The van der Waals surface area contributed by atoms with Gasteiger partial charge in [0.1, 0.15) is 11.6 Å². The molecule has 1 rings (SSSR count). The van der Waals surface area contributed by atoms with E-state index in [2.05, 4.69) is 10.6 Å². The van der Waals surface area contributed by atoms with E-state index in [0.717, 1.165) is 18.2 Å². The minimum atomic E-state index is -1.03. The van der Waals surface area contributed by atoms with E-state index < -0.39 is 29.3 Å². The van der Waals surface area contributed by atoms with Gasteiger partial charge in [-0.15, -0.1) is 0 Å². The quantitative estimate of drug-likeness (QED) is 0.719. The maximum Gasteiger partial charge on any atom is 0.315 e. The number of amides is 2. The van der Waals surface area contributed by atoms with Crippen LogP contribution in [0.5, 0.6) is 0 Å².